The fraction of sp³-hybridized carbons (Fsp3) is 0.600. The smallest absolute Gasteiger partial charge is 0.317 e. The van der Waals surface area contributed by atoms with Crippen molar-refractivity contribution in [3.8, 4) is 0 Å². The number of carbonyl (C=O) groups is 1. The van der Waals surface area contributed by atoms with Gasteiger partial charge in [0.15, 0.2) is 0 Å². The van der Waals surface area contributed by atoms with Gasteiger partial charge in [-0.25, -0.2) is 4.79 Å². The molecule has 1 aromatic heterocycles. The Labute approximate surface area is 116 Å². The average molecular weight is 263 g/mol. The second-order valence-electron chi connectivity index (χ2n) is 4.95. The van der Waals surface area contributed by atoms with E-state index in [0.29, 0.717) is 0 Å². The summed E-state index contributed by atoms with van der Waals surface area (Å²) in [6.45, 7) is 6.26. The van der Waals surface area contributed by atoms with Crippen LogP contribution in [0.5, 0.6) is 0 Å². The van der Waals surface area contributed by atoms with Gasteiger partial charge < -0.3 is 10.2 Å². The lowest BCUT2D eigenvalue weighted by Gasteiger charge is -2.29. The van der Waals surface area contributed by atoms with Gasteiger partial charge in [-0.3, -0.25) is 4.98 Å². The molecule has 19 heavy (non-hydrogen) atoms. The van der Waals surface area contributed by atoms with Crippen LogP contribution in [-0.2, 0) is 0 Å². The van der Waals surface area contributed by atoms with E-state index in [1.165, 1.54) is 0 Å². The Balaban J connectivity index is 2.68. The van der Waals surface area contributed by atoms with Crippen LogP contribution in [0.15, 0.2) is 24.5 Å². The van der Waals surface area contributed by atoms with Crippen molar-refractivity contribution in [2.75, 3.05) is 7.05 Å². The predicted octanol–water partition coefficient (Wildman–Crippen LogP) is 3.36. The molecule has 106 valence electrons. The number of hydrogen-bond acceptors (Lipinski definition) is 2. The number of aromatic nitrogens is 1. The minimum absolute atomic E-state index is 0.00962. The van der Waals surface area contributed by atoms with Crippen LogP contribution in [0.4, 0.5) is 4.79 Å². The van der Waals surface area contributed by atoms with E-state index in [9.17, 15) is 4.79 Å². The Morgan fingerprint density at radius 3 is 2.53 bits per heavy atom. The van der Waals surface area contributed by atoms with Gasteiger partial charge in [0, 0.05) is 25.5 Å². The van der Waals surface area contributed by atoms with E-state index >= 15 is 0 Å². The first-order valence-corrected chi connectivity index (χ1v) is 7.03. The molecule has 0 aromatic carbocycles. The second-order valence-corrected chi connectivity index (χ2v) is 4.95. The summed E-state index contributed by atoms with van der Waals surface area (Å²) in [4.78, 5) is 18.0. The molecule has 0 saturated heterocycles. The third-order valence-corrected chi connectivity index (χ3v) is 3.36. The fourth-order valence-electron chi connectivity index (χ4n) is 2.28. The molecule has 0 aliphatic heterocycles. The maximum Gasteiger partial charge on any atom is 0.317 e. The Kier molecular flexibility index (Phi) is 6.33. The van der Waals surface area contributed by atoms with Gasteiger partial charge in [0.05, 0.1) is 6.04 Å². The zero-order valence-corrected chi connectivity index (χ0v) is 12.4. The van der Waals surface area contributed by atoms with Crippen LogP contribution in [0.2, 0.25) is 0 Å². The largest absolute Gasteiger partial charge is 0.336 e. The summed E-state index contributed by atoms with van der Waals surface area (Å²) >= 11 is 0. The van der Waals surface area contributed by atoms with E-state index in [-0.39, 0.29) is 18.1 Å². The molecule has 4 nitrogen and oxygen atoms in total. The van der Waals surface area contributed by atoms with Crippen molar-refractivity contribution in [3.05, 3.63) is 30.1 Å². The quantitative estimate of drug-likeness (QED) is 0.855. The molecule has 0 aliphatic rings. The topological polar surface area (TPSA) is 45.2 Å². The molecule has 1 rings (SSSR count). The highest BCUT2D eigenvalue weighted by atomic mass is 16.2. The molecule has 0 aliphatic carbocycles. The van der Waals surface area contributed by atoms with Gasteiger partial charge in [-0.1, -0.05) is 20.3 Å². The lowest BCUT2D eigenvalue weighted by Crippen LogP contribution is -2.43. The third-order valence-electron chi connectivity index (χ3n) is 3.36. The average Bonchev–Trinajstić information content (AvgIpc) is 2.40. The third kappa shape index (κ3) is 4.54. The number of carbonyl (C=O) groups excluding carboxylic acids is 1. The highest BCUT2D eigenvalue weighted by Gasteiger charge is 2.20. The number of urea groups is 1. The summed E-state index contributed by atoms with van der Waals surface area (Å²) in [5.41, 5.74) is 1.12. The zero-order valence-electron chi connectivity index (χ0n) is 12.4. The molecule has 0 radical (unpaired) electrons. The minimum Gasteiger partial charge on any atom is -0.336 e. The van der Waals surface area contributed by atoms with Crippen LogP contribution >= 0.6 is 0 Å². The van der Waals surface area contributed by atoms with Crippen molar-refractivity contribution in [1.82, 2.24) is 15.2 Å². The highest BCUT2D eigenvalue weighted by molar-refractivity contribution is 5.74. The molecular weight excluding hydrogens is 238 g/mol. The molecule has 2 atom stereocenters. The van der Waals surface area contributed by atoms with Gasteiger partial charge in [-0.2, -0.15) is 0 Å². The number of amides is 2. The van der Waals surface area contributed by atoms with Gasteiger partial charge in [-0.05, 0) is 37.5 Å². The van der Waals surface area contributed by atoms with Crippen molar-refractivity contribution in [2.45, 2.75) is 52.1 Å². The number of hydrogen-bond donors (Lipinski definition) is 1. The van der Waals surface area contributed by atoms with E-state index < -0.39 is 0 Å². The summed E-state index contributed by atoms with van der Waals surface area (Å²) in [7, 11) is 1.85. The summed E-state index contributed by atoms with van der Waals surface area (Å²) < 4.78 is 0. The van der Waals surface area contributed by atoms with Crippen molar-refractivity contribution in [1.29, 1.82) is 0 Å². The first-order valence-electron chi connectivity index (χ1n) is 7.03. The maximum atomic E-state index is 12.2. The normalized spacial score (nSPS) is 13.7. The van der Waals surface area contributed by atoms with E-state index in [4.69, 9.17) is 0 Å². The number of nitrogens with one attached hydrogen (secondary N) is 1. The van der Waals surface area contributed by atoms with E-state index in [1.807, 2.05) is 26.1 Å². The summed E-state index contributed by atoms with van der Waals surface area (Å²) in [6, 6.07) is 4.23. The van der Waals surface area contributed by atoms with E-state index in [0.717, 1.165) is 24.8 Å². The number of pyridine rings is 1. The fourth-order valence-corrected chi connectivity index (χ4v) is 2.28. The lowest BCUT2D eigenvalue weighted by atomic mass is 10.1. The van der Waals surface area contributed by atoms with Gasteiger partial charge in [-0.15, -0.1) is 0 Å². The second kappa shape index (κ2) is 7.77. The first-order chi connectivity index (χ1) is 9.10. The number of nitrogens with zero attached hydrogens (tertiary/aromatic N) is 2. The monoisotopic (exact) mass is 263 g/mol. The summed E-state index contributed by atoms with van der Waals surface area (Å²) in [5.74, 6) is 0. The maximum absolute atomic E-state index is 12.2. The van der Waals surface area contributed by atoms with E-state index in [1.54, 1.807) is 17.3 Å². The molecule has 2 amide bonds. The Hall–Kier alpha value is -1.58. The van der Waals surface area contributed by atoms with E-state index in [2.05, 4.69) is 24.1 Å². The molecule has 4 heteroatoms. The van der Waals surface area contributed by atoms with Crippen molar-refractivity contribution >= 4 is 6.03 Å². The molecular formula is C15H25N3O. The van der Waals surface area contributed by atoms with Crippen LogP contribution in [0.25, 0.3) is 0 Å². The van der Waals surface area contributed by atoms with Crippen LogP contribution in [0.3, 0.4) is 0 Å². The van der Waals surface area contributed by atoms with Crippen LogP contribution in [0, 0.1) is 0 Å². The minimum atomic E-state index is -0.00962. The van der Waals surface area contributed by atoms with Gasteiger partial charge in [0.2, 0.25) is 0 Å². The van der Waals surface area contributed by atoms with Crippen molar-refractivity contribution in [2.24, 2.45) is 0 Å². The van der Waals surface area contributed by atoms with Crippen LogP contribution in [-0.4, -0.2) is 29.0 Å². The molecule has 0 saturated carbocycles. The lowest BCUT2D eigenvalue weighted by molar-refractivity contribution is 0.185. The summed E-state index contributed by atoms with van der Waals surface area (Å²) in [5, 5.41) is 3.04. The van der Waals surface area contributed by atoms with Crippen molar-refractivity contribution < 1.29 is 4.79 Å². The zero-order chi connectivity index (χ0) is 14.3. The molecule has 0 bridgehead atoms. The standard InChI is InChI=1S/C15H25N3O/c1-5-7-12(3)17-15(19)18(4)14(6-2)13-8-10-16-11-9-13/h8-12,14H,5-7H2,1-4H3,(H,17,19)/t12-,14-/m1/s1. The Morgan fingerprint density at radius 2 is 2.00 bits per heavy atom. The van der Waals surface area contributed by atoms with Crippen molar-refractivity contribution in [3.63, 3.8) is 0 Å². The summed E-state index contributed by atoms with van der Waals surface area (Å²) in [6.07, 6.45) is 6.50. The molecule has 1 N–H and O–H groups in total. The van der Waals surface area contributed by atoms with Crippen LogP contribution in [0.1, 0.15) is 51.6 Å². The molecule has 1 aromatic rings. The van der Waals surface area contributed by atoms with Crippen LogP contribution < -0.4 is 5.32 Å². The molecule has 1 heterocycles. The molecule has 0 spiro atoms. The number of rotatable bonds is 6. The Morgan fingerprint density at radius 1 is 1.37 bits per heavy atom. The first kappa shape index (κ1) is 15.5. The van der Waals surface area contributed by atoms with Gasteiger partial charge in [0.25, 0.3) is 0 Å². The SMILES string of the molecule is CCC[C@@H](C)NC(=O)N(C)[C@H](CC)c1ccncc1. The van der Waals surface area contributed by atoms with Gasteiger partial charge in [0.1, 0.15) is 0 Å². The molecule has 0 unspecified atom stereocenters. The highest BCUT2D eigenvalue weighted by Crippen LogP contribution is 2.22. The predicted molar refractivity (Wildman–Crippen MR) is 77.9 cm³/mol. The van der Waals surface area contributed by atoms with Gasteiger partial charge >= 0.3 is 6.03 Å². The Bertz CT molecular complexity index is 380. The molecule has 0 fully saturated rings.